The van der Waals surface area contributed by atoms with E-state index in [4.69, 9.17) is 0 Å². The smallest absolute Gasteiger partial charge is 0.327 e. The molecule has 1 aromatic rings. The number of nitrogens with zero attached hydrogens (tertiary/aromatic N) is 1. The fraction of sp³-hybridized carbons (Fsp3) is 0.500. The lowest BCUT2D eigenvalue weighted by atomic mass is 10.0. The Morgan fingerprint density at radius 3 is 2.65 bits per heavy atom. The van der Waals surface area contributed by atoms with Crippen molar-refractivity contribution in [3.63, 3.8) is 0 Å². The van der Waals surface area contributed by atoms with E-state index in [0.717, 1.165) is 17.9 Å². The fourth-order valence-corrected chi connectivity index (χ4v) is 2.95. The Labute approximate surface area is 123 Å². The lowest BCUT2D eigenvalue weighted by Gasteiger charge is -2.31. The molecule has 0 aliphatic rings. The molecule has 0 spiro atoms. The van der Waals surface area contributed by atoms with Crippen LogP contribution >= 0.6 is 11.8 Å². The number of carbonyl (C=O) groups excluding carboxylic acids is 1. The molecule has 0 radical (unpaired) electrons. The van der Waals surface area contributed by atoms with Crippen molar-refractivity contribution in [1.29, 1.82) is 0 Å². The Morgan fingerprint density at radius 1 is 1.45 bits per heavy atom. The number of aromatic nitrogens is 1. The van der Waals surface area contributed by atoms with Crippen LogP contribution in [0.1, 0.15) is 26.5 Å². The third-order valence-electron chi connectivity index (χ3n) is 2.85. The summed E-state index contributed by atoms with van der Waals surface area (Å²) in [7, 11) is 0. The van der Waals surface area contributed by atoms with Crippen LogP contribution in [-0.2, 0) is 16.0 Å². The Kier molecular flexibility index (Phi) is 6.01. The van der Waals surface area contributed by atoms with E-state index in [-0.39, 0.29) is 5.91 Å². The number of carbonyl (C=O) groups is 2. The van der Waals surface area contributed by atoms with Gasteiger partial charge in [0.05, 0.1) is 0 Å². The molecule has 0 aliphatic heterocycles. The maximum absolute atomic E-state index is 11.3. The summed E-state index contributed by atoms with van der Waals surface area (Å²) in [5, 5.41) is 11.7. The van der Waals surface area contributed by atoms with Gasteiger partial charge in [-0.05, 0) is 38.2 Å². The molecule has 1 unspecified atom stereocenters. The van der Waals surface area contributed by atoms with Gasteiger partial charge in [0.15, 0.2) is 0 Å². The minimum absolute atomic E-state index is 0.337. The molecule has 1 amide bonds. The highest BCUT2D eigenvalue weighted by Gasteiger charge is 2.36. The van der Waals surface area contributed by atoms with Gasteiger partial charge in [-0.25, -0.2) is 4.79 Å². The van der Waals surface area contributed by atoms with Gasteiger partial charge >= 0.3 is 5.97 Å². The Balaban J connectivity index is 2.58. The molecule has 0 saturated carbocycles. The van der Waals surface area contributed by atoms with Gasteiger partial charge in [0.2, 0.25) is 5.91 Å². The zero-order chi connectivity index (χ0) is 15.2. The topological polar surface area (TPSA) is 79.3 Å². The number of aliphatic carboxylic acids is 1. The van der Waals surface area contributed by atoms with Crippen molar-refractivity contribution in [2.45, 2.75) is 38.0 Å². The molecule has 0 aromatic carbocycles. The van der Waals surface area contributed by atoms with Crippen LogP contribution in [0.3, 0.4) is 0 Å². The van der Waals surface area contributed by atoms with Gasteiger partial charge in [-0.1, -0.05) is 6.07 Å². The first-order valence-electron chi connectivity index (χ1n) is 6.36. The molecular formula is C14H20N2O3S. The summed E-state index contributed by atoms with van der Waals surface area (Å²) >= 11 is 1.52. The maximum atomic E-state index is 11.3. The van der Waals surface area contributed by atoms with E-state index in [9.17, 15) is 14.7 Å². The summed E-state index contributed by atoms with van der Waals surface area (Å²) in [6, 6.07) is 4.82. The first-order chi connectivity index (χ1) is 9.33. The molecule has 0 aliphatic carbocycles. The Morgan fingerprint density at radius 2 is 2.15 bits per heavy atom. The molecule has 0 fully saturated rings. The maximum Gasteiger partial charge on any atom is 0.327 e. The monoisotopic (exact) mass is 296 g/mol. The number of amides is 1. The van der Waals surface area contributed by atoms with Crippen LogP contribution in [0.5, 0.6) is 0 Å². The Bertz CT molecular complexity index is 463. The minimum Gasteiger partial charge on any atom is -0.480 e. The molecule has 1 atom stereocenters. The van der Waals surface area contributed by atoms with E-state index < -0.39 is 16.8 Å². The van der Waals surface area contributed by atoms with E-state index in [1.165, 1.54) is 18.7 Å². The largest absolute Gasteiger partial charge is 0.480 e. The van der Waals surface area contributed by atoms with Crippen molar-refractivity contribution in [2.75, 3.05) is 5.75 Å². The number of rotatable bonds is 7. The van der Waals surface area contributed by atoms with Crippen LogP contribution in [-0.4, -0.2) is 38.5 Å². The standard InChI is InChI=1S/C14H20N2O3S/c1-10(17)16-12(13(18)19)14(2,3)20-9-7-11-6-4-5-8-15-11/h4-6,8,12H,7,9H2,1-3H3,(H,16,17)(H,18,19). The molecule has 1 aromatic heterocycles. The van der Waals surface area contributed by atoms with Crippen LogP contribution in [0.2, 0.25) is 0 Å². The molecular weight excluding hydrogens is 276 g/mol. The minimum atomic E-state index is -1.02. The molecule has 1 rings (SSSR count). The van der Waals surface area contributed by atoms with Gasteiger partial charge in [-0.2, -0.15) is 11.8 Å². The van der Waals surface area contributed by atoms with Crippen LogP contribution in [0.25, 0.3) is 0 Å². The number of carboxylic acid groups (broad SMARTS) is 1. The first-order valence-corrected chi connectivity index (χ1v) is 7.35. The Hall–Kier alpha value is -1.56. The van der Waals surface area contributed by atoms with Gasteiger partial charge in [0.1, 0.15) is 6.04 Å². The zero-order valence-corrected chi connectivity index (χ0v) is 12.7. The number of thioether (sulfide) groups is 1. The second-order valence-corrected chi connectivity index (χ2v) is 6.74. The summed E-state index contributed by atoms with van der Waals surface area (Å²) in [4.78, 5) is 26.6. The van der Waals surface area contributed by atoms with Gasteiger partial charge in [0.25, 0.3) is 0 Å². The average molecular weight is 296 g/mol. The number of pyridine rings is 1. The fourth-order valence-electron chi connectivity index (χ4n) is 1.78. The van der Waals surface area contributed by atoms with Crippen LogP contribution in [0.15, 0.2) is 24.4 Å². The van der Waals surface area contributed by atoms with Crippen LogP contribution < -0.4 is 5.32 Å². The number of hydrogen-bond donors (Lipinski definition) is 2. The summed E-state index contributed by atoms with van der Waals surface area (Å²) in [6.07, 6.45) is 2.50. The average Bonchev–Trinajstić information content (AvgIpc) is 2.36. The van der Waals surface area contributed by atoms with E-state index in [1.54, 1.807) is 6.20 Å². The number of carboxylic acids is 1. The third-order valence-corrected chi connectivity index (χ3v) is 4.24. The van der Waals surface area contributed by atoms with Gasteiger partial charge in [-0.3, -0.25) is 9.78 Å². The lowest BCUT2D eigenvalue weighted by molar-refractivity contribution is -0.142. The summed E-state index contributed by atoms with van der Waals surface area (Å²) in [5.74, 6) is -0.612. The highest BCUT2D eigenvalue weighted by atomic mass is 32.2. The van der Waals surface area contributed by atoms with E-state index >= 15 is 0 Å². The van der Waals surface area contributed by atoms with Crippen molar-refractivity contribution < 1.29 is 14.7 Å². The van der Waals surface area contributed by atoms with E-state index in [1.807, 2.05) is 32.0 Å². The molecule has 0 bridgehead atoms. The third kappa shape index (κ3) is 5.21. The molecule has 0 saturated heterocycles. The molecule has 20 heavy (non-hydrogen) atoms. The highest BCUT2D eigenvalue weighted by Crippen LogP contribution is 2.29. The van der Waals surface area contributed by atoms with Crippen molar-refractivity contribution in [3.05, 3.63) is 30.1 Å². The molecule has 6 heteroatoms. The highest BCUT2D eigenvalue weighted by molar-refractivity contribution is 8.00. The van der Waals surface area contributed by atoms with Crippen molar-refractivity contribution in [1.82, 2.24) is 10.3 Å². The van der Waals surface area contributed by atoms with Gasteiger partial charge in [0, 0.05) is 23.6 Å². The van der Waals surface area contributed by atoms with E-state index in [0.29, 0.717) is 0 Å². The summed E-state index contributed by atoms with van der Waals surface area (Å²) < 4.78 is -0.591. The molecule has 110 valence electrons. The number of aryl methyl sites for hydroxylation is 1. The quantitative estimate of drug-likeness (QED) is 0.801. The number of nitrogens with one attached hydrogen (secondary N) is 1. The van der Waals surface area contributed by atoms with Gasteiger partial charge in [-0.15, -0.1) is 0 Å². The predicted molar refractivity (Wildman–Crippen MR) is 79.7 cm³/mol. The second kappa shape index (κ2) is 7.28. The van der Waals surface area contributed by atoms with Crippen molar-refractivity contribution in [3.8, 4) is 0 Å². The van der Waals surface area contributed by atoms with Crippen LogP contribution in [0, 0.1) is 0 Å². The zero-order valence-electron chi connectivity index (χ0n) is 11.9. The molecule has 5 nitrogen and oxygen atoms in total. The normalized spacial score (nSPS) is 12.8. The van der Waals surface area contributed by atoms with E-state index in [2.05, 4.69) is 10.3 Å². The summed E-state index contributed by atoms with van der Waals surface area (Å²) in [5.41, 5.74) is 0.974. The predicted octanol–water partition coefficient (Wildman–Crippen LogP) is 1.73. The van der Waals surface area contributed by atoms with Crippen LogP contribution in [0.4, 0.5) is 0 Å². The number of hydrogen-bond acceptors (Lipinski definition) is 4. The summed E-state index contributed by atoms with van der Waals surface area (Å²) in [6.45, 7) is 4.97. The van der Waals surface area contributed by atoms with Crippen molar-refractivity contribution >= 4 is 23.6 Å². The van der Waals surface area contributed by atoms with Crippen molar-refractivity contribution in [2.24, 2.45) is 0 Å². The molecule has 2 N–H and O–H groups in total. The van der Waals surface area contributed by atoms with Gasteiger partial charge < -0.3 is 10.4 Å². The lowest BCUT2D eigenvalue weighted by Crippen LogP contribution is -2.52. The SMILES string of the molecule is CC(=O)NC(C(=O)O)C(C)(C)SCCc1ccccn1. The molecule has 1 heterocycles. The first kappa shape index (κ1) is 16.5. The second-order valence-electron chi connectivity index (χ2n) is 4.99.